The molecule has 2 heterocycles. The molecule has 1 aliphatic heterocycles. The fourth-order valence-electron chi connectivity index (χ4n) is 1.95. The largest absolute Gasteiger partial charge is 0.338 e. The lowest BCUT2D eigenvalue weighted by molar-refractivity contribution is 0.351. The van der Waals surface area contributed by atoms with E-state index in [1.807, 2.05) is 6.92 Å². The van der Waals surface area contributed by atoms with Crippen molar-refractivity contribution in [3.8, 4) is 0 Å². The molecule has 0 unspecified atom stereocenters. The molecule has 1 saturated heterocycles. The Morgan fingerprint density at radius 1 is 1.31 bits per heavy atom. The van der Waals surface area contributed by atoms with E-state index in [1.54, 1.807) is 0 Å². The Balaban J connectivity index is 2.05. The van der Waals surface area contributed by atoms with Crippen LogP contribution >= 0.6 is 0 Å². The maximum absolute atomic E-state index is 5.85. The van der Waals surface area contributed by atoms with Crippen molar-refractivity contribution in [1.82, 2.24) is 10.1 Å². The molecule has 0 aliphatic carbocycles. The molecule has 16 heavy (non-hydrogen) atoms. The third-order valence-corrected chi connectivity index (χ3v) is 3.08. The van der Waals surface area contributed by atoms with Gasteiger partial charge in [0.15, 0.2) is 0 Å². The first-order chi connectivity index (χ1) is 7.81. The van der Waals surface area contributed by atoms with Crippen LogP contribution in [0.2, 0.25) is 0 Å². The van der Waals surface area contributed by atoms with Gasteiger partial charge < -0.3 is 15.2 Å². The number of rotatable bonds is 3. The zero-order chi connectivity index (χ0) is 11.4. The van der Waals surface area contributed by atoms with Crippen molar-refractivity contribution in [2.45, 2.75) is 45.1 Å². The van der Waals surface area contributed by atoms with Crippen LogP contribution in [-0.2, 0) is 0 Å². The summed E-state index contributed by atoms with van der Waals surface area (Å²) >= 11 is 0. The zero-order valence-corrected chi connectivity index (χ0v) is 9.85. The molecule has 90 valence electrons. The molecular weight excluding hydrogens is 204 g/mol. The van der Waals surface area contributed by atoms with E-state index in [1.165, 1.54) is 25.7 Å². The standard InChI is InChI=1S/C11H20N4O/c1-2-9(12)10-13-11(14-16-10)15-7-5-3-4-6-8-15/h9H,2-8,12H2,1H3/t9-/m0/s1. The fourth-order valence-corrected chi connectivity index (χ4v) is 1.95. The summed E-state index contributed by atoms with van der Waals surface area (Å²) in [6.07, 6.45) is 5.85. The summed E-state index contributed by atoms with van der Waals surface area (Å²) in [5.41, 5.74) is 5.85. The Morgan fingerprint density at radius 3 is 2.62 bits per heavy atom. The summed E-state index contributed by atoms with van der Waals surface area (Å²) in [5, 5.41) is 4.01. The van der Waals surface area contributed by atoms with Gasteiger partial charge in [-0.05, 0) is 24.4 Å². The monoisotopic (exact) mass is 224 g/mol. The minimum Gasteiger partial charge on any atom is -0.338 e. The molecule has 0 amide bonds. The summed E-state index contributed by atoms with van der Waals surface area (Å²) in [5.74, 6) is 1.27. The van der Waals surface area contributed by atoms with Crippen molar-refractivity contribution >= 4 is 5.95 Å². The first kappa shape index (κ1) is 11.4. The summed E-state index contributed by atoms with van der Waals surface area (Å²) in [6, 6.07) is -0.131. The van der Waals surface area contributed by atoms with E-state index in [-0.39, 0.29) is 6.04 Å². The third-order valence-electron chi connectivity index (χ3n) is 3.08. The minimum absolute atomic E-state index is 0.131. The molecule has 1 fully saturated rings. The highest BCUT2D eigenvalue weighted by Crippen LogP contribution is 2.19. The van der Waals surface area contributed by atoms with Crippen LogP contribution in [-0.4, -0.2) is 23.2 Å². The molecule has 2 N–H and O–H groups in total. The van der Waals surface area contributed by atoms with Gasteiger partial charge in [0.2, 0.25) is 5.89 Å². The normalized spacial score (nSPS) is 19.5. The number of nitrogens with two attached hydrogens (primary N) is 1. The Kier molecular flexibility index (Phi) is 3.77. The molecule has 0 aromatic carbocycles. The lowest BCUT2D eigenvalue weighted by Gasteiger charge is -2.16. The maximum atomic E-state index is 5.85. The van der Waals surface area contributed by atoms with Gasteiger partial charge in [0, 0.05) is 13.1 Å². The van der Waals surface area contributed by atoms with E-state index in [4.69, 9.17) is 10.3 Å². The van der Waals surface area contributed by atoms with Crippen LogP contribution in [0.25, 0.3) is 0 Å². The maximum Gasteiger partial charge on any atom is 0.266 e. The second-order valence-corrected chi connectivity index (χ2v) is 4.35. The topological polar surface area (TPSA) is 68.2 Å². The molecule has 0 radical (unpaired) electrons. The molecule has 0 bridgehead atoms. The molecule has 1 atom stereocenters. The van der Waals surface area contributed by atoms with Gasteiger partial charge in [0.05, 0.1) is 6.04 Å². The van der Waals surface area contributed by atoms with Crippen molar-refractivity contribution in [2.24, 2.45) is 5.73 Å². The Bertz CT molecular complexity index is 318. The Hall–Kier alpha value is -1.10. The summed E-state index contributed by atoms with van der Waals surface area (Å²) in [4.78, 5) is 6.57. The van der Waals surface area contributed by atoms with Gasteiger partial charge in [-0.15, -0.1) is 0 Å². The molecule has 0 saturated carbocycles. The van der Waals surface area contributed by atoms with E-state index >= 15 is 0 Å². The number of hydrogen-bond acceptors (Lipinski definition) is 5. The lowest BCUT2D eigenvalue weighted by Crippen LogP contribution is -2.25. The van der Waals surface area contributed by atoms with Gasteiger partial charge >= 0.3 is 0 Å². The van der Waals surface area contributed by atoms with Crippen molar-refractivity contribution in [1.29, 1.82) is 0 Å². The first-order valence-corrected chi connectivity index (χ1v) is 6.15. The first-order valence-electron chi connectivity index (χ1n) is 6.15. The Labute approximate surface area is 96.0 Å². The van der Waals surface area contributed by atoms with E-state index in [0.29, 0.717) is 11.8 Å². The molecule has 2 rings (SSSR count). The molecular formula is C11H20N4O. The van der Waals surface area contributed by atoms with Gasteiger partial charge in [-0.25, -0.2) is 0 Å². The third kappa shape index (κ3) is 2.52. The van der Waals surface area contributed by atoms with Crippen LogP contribution in [0.4, 0.5) is 5.95 Å². The van der Waals surface area contributed by atoms with Crippen LogP contribution in [0, 0.1) is 0 Å². The van der Waals surface area contributed by atoms with Gasteiger partial charge in [-0.2, -0.15) is 4.98 Å². The molecule has 1 aliphatic rings. The number of anilines is 1. The predicted molar refractivity (Wildman–Crippen MR) is 62.2 cm³/mol. The van der Waals surface area contributed by atoms with Crippen LogP contribution in [0.3, 0.4) is 0 Å². The highest BCUT2D eigenvalue weighted by molar-refractivity contribution is 5.27. The van der Waals surface area contributed by atoms with E-state index < -0.39 is 0 Å². The smallest absolute Gasteiger partial charge is 0.266 e. The zero-order valence-electron chi connectivity index (χ0n) is 9.85. The Morgan fingerprint density at radius 2 is 2.00 bits per heavy atom. The fraction of sp³-hybridized carbons (Fsp3) is 0.818. The highest BCUT2D eigenvalue weighted by atomic mass is 16.5. The minimum atomic E-state index is -0.131. The second kappa shape index (κ2) is 5.30. The van der Waals surface area contributed by atoms with Crippen LogP contribution < -0.4 is 10.6 Å². The number of nitrogens with zero attached hydrogens (tertiary/aromatic N) is 3. The van der Waals surface area contributed by atoms with Crippen LogP contribution in [0.15, 0.2) is 4.52 Å². The summed E-state index contributed by atoms with van der Waals surface area (Å²) < 4.78 is 5.18. The van der Waals surface area contributed by atoms with Gasteiger partial charge in [0.25, 0.3) is 5.95 Å². The van der Waals surface area contributed by atoms with Gasteiger partial charge in [0.1, 0.15) is 0 Å². The van der Waals surface area contributed by atoms with E-state index in [9.17, 15) is 0 Å². The molecule has 1 aromatic rings. The molecule has 5 nitrogen and oxygen atoms in total. The number of hydrogen-bond donors (Lipinski definition) is 1. The average molecular weight is 224 g/mol. The van der Waals surface area contributed by atoms with Crippen LogP contribution in [0.5, 0.6) is 0 Å². The van der Waals surface area contributed by atoms with E-state index in [0.717, 1.165) is 19.5 Å². The average Bonchev–Trinajstić information content (AvgIpc) is 2.64. The van der Waals surface area contributed by atoms with Gasteiger partial charge in [-0.1, -0.05) is 19.8 Å². The van der Waals surface area contributed by atoms with Crippen molar-refractivity contribution in [3.63, 3.8) is 0 Å². The van der Waals surface area contributed by atoms with Crippen molar-refractivity contribution < 1.29 is 4.52 Å². The van der Waals surface area contributed by atoms with Crippen molar-refractivity contribution in [2.75, 3.05) is 18.0 Å². The van der Waals surface area contributed by atoms with Gasteiger partial charge in [-0.3, -0.25) is 0 Å². The highest BCUT2D eigenvalue weighted by Gasteiger charge is 2.18. The molecule has 5 heteroatoms. The predicted octanol–water partition coefficient (Wildman–Crippen LogP) is 1.86. The summed E-state index contributed by atoms with van der Waals surface area (Å²) in [7, 11) is 0. The molecule has 1 aromatic heterocycles. The quantitative estimate of drug-likeness (QED) is 0.848. The number of aromatic nitrogens is 2. The van der Waals surface area contributed by atoms with E-state index in [2.05, 4.69) is 15.0 Å². The molecule has 0 spiro atoms. The lowest BCUT2D eigenvalue weighted by atomic mass is 10.2. The van der Waals surface area contributed by atoms with Crippen molar-refractivity contribution in [3.05, 3.63) is 5.89 Å². The summed E-state index contributed by atoms with van der Waals surface area (Å²) in [6.45, 7) is 4.07. The SMILES string of the molecule is CC[C@H](N)c1nc(N2CCCCCC2)no1. The second-order valence-electron chi connectivity index (χ2n) is 4.35. The van der Waals surface area contributed by atoms with Crippen LogP contribution in [0.1, 0.15) is 51.0 Å².